The summed E-state index contributed by atoms with van der Waals surface area (Å²) in [6.07, 6.45) is 2.65. The van der Waals surface area contributed by atoms with Gasteiger partial charge in [-0.2, -0.15) is 0 Å². The molecule has 0 atom stereocenters. The quantitative estimate of drug-likeness (QED) is 0.708. The number of phenols is 1. The van der Waals surface area contributed by atoms with Crippen molar-refractivity contribution in [3.63, 3.8) is 0 Å². The van der Waals surface area contributed by atoms with Crippen LogP contribution in [0.15, 0.2) is 24.3 Å². The van der Waals surface area contributed by atoms with E-state index in [9.17, 15) is 9.18 Å². The first-order valence-corrected chi connectivity index (χ1v) is 3.77. The molecule has 1 rings (SSSR count). The van der Waals surface area contributed by atoms with Crippen LogP contribution >= 0.6 is 0 Å². The summed E-state index contributed by atoms with van der Waals surface area (Å²) >= 11 is 0. The zero-order valence-corrected chi connectivity index (χ0v) is 7.12. The fourth-order valence-corrected chi connectivity index (χ4v) is 0.858. The number of benzene rings is 1. The van der Waals surface area contributed by atoms with E-state index in [0.717, 1.165) is 6.07 Å². The molecule has 0 amide bonds. The molecule has 1 aromatic carbocycles. The SMILES string of the molecule is CC(=O)/C=C/c1ccc(O)cc1F. The van der Waals surface area contributed by atoms with Crippen molar-refractivity contribution in [3.05, 3.63) is 35.7 Å². The summed E-state index contributed by atoms with van der Waals surface area (Å²) in [4.78, 5) is 10.5. The van der Waals surface area contributed by atoms with Gasteiger partial charge < -0.3 is 5.11 Å². The van der Waals surface area contributed by atoms with Gasteiger partial charge in [0, 0.05) is 11.6 Å². The number of hydrogen-bond acceptors (Lipinski definition) is 2. The first kappa shape index (κ1) is 9.45. The van der Waals surface area contributed by atoms with Crippen LogP contribution in [0.1, 0.15) is 12.5 Å². The first-order chi connectivity index (χ1) is 6.09. The topological polar surface area (TPSA) is 37.3 Å². The van der Waals surface area contributed by atoms with Gasteiger partial charge in [0.05, 0.1) is 0 Å². The Hall–Kier alpha value is -1.64. The third-order valence-electron chi connectivity index (χ3n) is 1.48. The van der Waals surface area contributed by atoms with Gasteiger partial charge in [0.2, 0.25) is 0 Å². The van der Waals surface area contributed by atoms with E-state index in [0.29, 0.717) is 0 Å². The molecule has 0 aliphatic carbocycles. The highest BCUT2D eigenvalue weighted by Crippen LogP contribution is 2.15. The second-order valence-electron chi connectivity index (χ2n) is 2.65. The van der Waals surface area contributed by atoms with E-state index in [1.807, 2.05) is 0 Å². The van der Waals surface area contributed by atoms with Crippen molar-refractivity contribution in [2.45, 2.75) is 6.92 Å². The molecule has 0 fully saturated rings. The maximum atomic E-state index is 13.0. The molecule has 68 valence electrons. The Kier molecular flexibility index (Phi) is 2.80. The maximum Gasteiger partial charge on any atom is 0.152 e. The molecular weight excluding hydrogens is 171 g/mol. The highest BCUT2D eigenvalue weighted by Gasteiger charge is 1.99. The second-order valence-corrected chi connectivity index (χ2v) is 2.65. The summed E-state index contributed by atoms with van der Waals surface area (Å²) in [5.74, 6) is -0.817. The van der Waals surface area contributed by atoms with Crippen molar-refractivity contribution in [1.82, 2.24) is 0 Å². The van der Waals surface area contributed by atoms with E-state index in [1.54, 1.807) is 0 Å². The number of hydrogen-bond donors (Lipinski definition) is 1. The lowest BCUT2D eigenvalue weighted by atomic mass is 10.2. The van der Waals surface area contributed by atoms with E-state index in [2.05, 4.69) is 0 Å². The molecule has 0 unspecified atom stereocenters. The van der Waals surface area contributed by atoms with Crippen LogP contribution in [-0.2, 0) is 4.79 Å². The van der Waals surface area contributed by atoms with Crippen molar-refractivity contribution >= 4 is 11.9 Å². The molecule has 0 saturated heterocycles. The monoisotopic (exact) mass is 180 g/mol. The van der Waals surface area contributed by atoms with Crippen LogP contribution in [0.25, 0.3) is 6.08 Å². The summed E-state index contributed by atoms with van der Waals surface area (Å²) < 4.78 is 13.0. The third-order valence-corrected chi connectivity index (χ3v) is 1.48. The molecule has 0 aliphatic rings. The third kappa shape index (κ3) is 2.71. The molecule has 0 aromatic heterocycles. The molecule has 1 N–H and O–H groups in total. The molecule has 1 aromatic rings. The van der Waals surface area contributed by atoms with Gasteiger partial charge in [0.15, 0.2) is 5.78 Å². The average Bonchev–Trinajstić information content (AvgIpc) is 2.02. The molecule has 0 bridgehead atoms. The normalized spacial score (nSPS) is 10.6. The number of aromatic hydroxyl groups is 1. The van der Waals surface area contributed by atoms with Crippen molar-refractivity contribution < 1.29 is 14.3 Å². The zero-order chi connectivity index (χ0) is 9.84. The van der Waals surface area contributed by atoms with Crippen LogP contribution in [-0.4, -0.2) is 10.9 Å². The van der Waals surface area contributed by atoms with Gasteiger partial charge >= 0.3 is 0 Å². The minimum absolute atomic E-state index is 0.127. The van der Waals surface area contributed by atoms with Gasteiger partial charge in [-0.1, -0.05) is 0 Å². The summed E-state index contributed by atoms with van der Waals surface area (Å²) in [5, 5.41) is 8.88. The highest BCUT2D eigenvalue weighted by molar-refractivity contribution is 5.91. The lowest BCUT2D eigenvalue weighted by molar-refractivity contribution is -0.112. The fraction of sp³-hybridized carbons (Fsp3) is 0.100. The number of carbonyl (C=O) groups is 1. The molecule has 3 heteroatoms. The van der Waals surface area contributed by atoms with Crippen LogP contribution in [0.3, 0.4) is 0 Å². The minimum atomic E-state index is -0.544. The van der Waals surface area contributed by atoms with Gasteiger partial charge in [-0.05, 0) is 31.2 Å². The van der Waals surface area contributed by atoms with Crippen LogP contribution in [0, 0.1) is 5.82 Å². The standard InChI is InChI=1S/C10H9FO2/c1-7(12)2-3-8-4-5-9(13)6-10(8)11/h2-6,13H,1H3/b3-2+. The average molecular weight is 180 g/mol. The number of halogens is 1. The zero-order valence-electron chi connectivity index (χ0n) is 7.12. The second kappa shape index (κ2) is 3.85. The van der Waals surface area contributed by atoms with Crippen molar-refractivity contribution in [3.8, 4) is 5.75 Å². The molecular formula is C10H9FO2. The molecule has 0 saturated carbocycles. The summed E-state index contributed by atoms with van der Waals surface area (Å²) in [7, 11) is 0. The summed E-state index contributed by atoms with van der Waals surface area (Å²) in [5.41, 5.74) is 0.285. The van der Waals surface area contributed by atoms with E-state index in [-0.39, 0.29) is 17.1 Å². The smallest absolute Gasteiger partial charge is 0.152 e. The van der Waals surface area contributed by atoms with Crippen LogP contribution in [0.2, 0.25) is 0 Å². The Morgan fingerprint density at radius 3 is 2.77 bits per heavy atom. The van der Waals surface area contributed by atoms with Gasteiger partial charge in [-0.25, -0.2) is 4.39 Å². The summed E-state index contributed by atoms with van der Waals surface area (Å²) in [6.45, 7) is 1.38. The predicted molar refractivity (Wildman–Crippen MR) is 47.8 cm³/mol. The van der Waals surface area contributed by atoms with Gasteiger partial charge in [-0.3, -0.25) is 4.79 Å². The van der Waals surface area contributed by atoms with Crippen molar-refractivity contribution in [1.29, 1.82) is 0 Å². The van der Waals surface area contributed by atoms with Crippen molar-refractivity contribution in [2.75, 3.05) is 0 Å². The van der Waals surface area contributed by atoms with E-state index < -0.39 is 5.82 Å². The van der Waals surface area contributed by atoms with Crippen molar-refractivity contribution in [2.24, 2.45) is 0 Å². The molecule has 2 nitrogen and oxygen atoms in total. The van der Waals surface area contributed by atoms with E-state index >= 15 is 0 Å². The number of allylic oxidation sites excluding steroid dienone is 1. The van der Waals surface area contributed by atoms with Crippen LogP contribution in [0.5, 0.6) is 5.75 Å². The van der Waals surface area contributed by atoms with E-state index in [1.165, 1.54) is 31.2 Å². The molecule has 0 aliphatic heterocycles. The Bertz CT molecular complexity index is 356. The number of carbonyl (C=O) groups excluding carboxylic acids is 1. The molecule has 0 heterocycles. The van der Waals surface area contributed by atoms with Crippen LogP contribution < -0.4 is 0 Å². The van der Waals surface area contributed by atoms with Gasteiger partial charge in [-0.15, -0.1) is 0 Å². The van der Waals surface area contributed by atoms with Gasteiger partial charge in [0.25, 0.3) is 0 Å². The summed E-state index contributed by atoms with van der Waals surface area (Å²) in [6, 6.07) is 3.77. The highest BCUT2D eigenvalue weighted by atomic mass is 19.1. The first-order valence-electron chi connectivity index (χ1n) is 3.77. The Morgan fingerprint density at radius 1 is 1.54 bits per heavy atom. The molecule has 0 spiro atoms. The largest absolute Gasteiger partial charge is 0.508 e. The Balaban J connectivity index is 2.96. The Labute approximate surface area is 75.3 Å². The Morgan fingerprint density at radius 2 is 2.23 bits per heavy atom. The van der Waals surface area contributed by atoms with E-state index in [4.69, 9.17) is 5.11 Å². The van der Waals surface area contributed by atoms with Crippen LogP contribution in [0.4, 0.5) is 4.39 Å². The lowest BCUT2D eigenvalue weighted by Crippen LogP contribution is -1.83. The number of ketones is 1. The molecule has 13 heavy (non-hydrogen) atoms. The predicted octanol–water partition coefficient (Wildman–Crippen LogP) is 2.13. The molecule has 0 radical (unpaired) electrons. The van der Waals surface area contributed by atoms with Gasteiger partial charge in [0.1, 0.15) is 11.6 Å². The number of rotatable bonds is 2. The minimum Gasteiger partial charge on any atom is -0.508 e. The maximum absolute atomic E-state index is 13.0. The number of phenolic OH excluding ortho intramolecular Hbond substituents is 1. The lowest BCUT2D eigenvalue weighted by Gasteiger charge is -1.96. The fourth-order valence-electron chi connectivity index (χ4n) is 0.858.